The van der Waals surface area contributed by atoms with Crippen molar-refractivity contribution in [3.05, 3.63) is 0 Å². The summed E-state index contributed by atoms with van der Waals surface area (Å²) in [4.78, 5) is 13.5. The van der Waals surface area contributed by atoms with E-state index in [9.17, 15) is 13.2 Å². The standard InChI is InChI=1S/C12H23NO4S/c1-17-12(14)10-11-6-3-4-7-13(11)8-5-9-18(2,15)16/h11H,3-10H2,1-2H3. The monoisotopic (exact) mass is 277 g/mol. The van der Waals surface area contributed by atoms with Crippen molar-refractivity contribution in [3.8, 4) is 0 Å². The van der Waals surface area contributed by atoms with Crippen molar-refractivity contribution in [3.63, 3.8) is 0 Å². The first-order valence-electron chi connectivity index (χ1n) is 6.41. The maximum atomic E-state index is 11.3. The molecule has 0 aromatic rings. The Kier molecular flexibility index (Phi) is 6.08. The molecule has 1 rings (SSSR count). The maximum Gasteiger partial charge on any atom is 0.307 e. The molecule has 0 radical (unpaired) electrons. The lowest BCUT2D eigenvalue weighted by Gasteiger charge is -2.35. The average Bonchev–Trinajstić information content (AvgIpc) is 2.29. The number of ether oxygens (including phenoxy) is 1. The van der Waals surface area contributed by atoms with Crippen molar-refractivity contribution < 1.29 is 17.9 Å². The molecule has 0 aliphatic carbocycles. The molecule has 1 fully saturated rings. The van der Waals surface area contributed by atoms with Gasteiger partial charge in [-0.15, -0.1) is 0 Å². The molecule has 1 aliphatic rings. The van der Waals surface area contributed by atoms with Gasteiger partial charge in [-0.25, -0.2) is 8.42 Å². The van der Waals surface area contributed by atoms with Crippen LogP contribution in [0.15, 0.2) is 0 Å². The molecule has 1 aliphatic heterocycles. The summed E-state index contributed by atoms with van der Waals surface area (Å²) in [5, 5.41) is 0. The predicted octanol–water partition coefficient (Wildman–Crippen LogP) is 0.839. The van der Waals surface area contributed by atoms with E-state index in [1.54, 1.807) is 0 Å². The van der Waals surface area contributed by atoms with Crippen LogP contribution in [0.2, 0.25) is 0 Å². The van der Waals surface area contributed by atoms with Gasteiger partial charge in [-0.3, -0.25) is 9.69 Å². The van der Waals surface area contributed by atoms with E-state index in [1.165, 1.54) is 13.4 Å². The van der Waals surface area contributed by atoms with Crippen LogP contribution in [0.5, 0.6) is 0 Å². The zero-order valence-electron chi connectivity index (χ0n) is 11.2. The molecule has 0 aromatic carbocycles. The maximum absolute atomic E-state index is 11.3. The van der Waals surface area contributed by atoms with Crippen LogP contribution < -0.4 is 0 Å². The van der Waals surface area contributed by atoms with Crippen molar-refractivity contribution in [2.75, 3.05) is 32.2 Å². The molecule has 0 spiro atoms. The van der Waals surface area contributed by atoms with Crippen molar-refractivity contribution >= 4 is 15.8 Å². The number of carbonyl (C=O) groups excluding carboxylic acids is 1. The minimum atomic E-state index is -2.89. The highest BCUT2D eigenvalue weighted by Crippen LogP contribution is 2.20. The van der Waals surface area contributed by atoms with Gasteiger partial charge in [0.05, 0.1) is 19.3 Å². The number of rotatable bonds is 6. The molecule has 0 amide bonds. The Morgan fingerprint density at radius 3 is 2.72 bits per heavy atom. The van der Waals surface area contributed by atoms with Gasteiger partial charge in [0, 0.05) is 12.3 Å². The van der Waals surface area contributed by atoms with Gasteiger partial charge in [-0.05, 0) is 32.4 Å². The highest BCUT2D eigenvalue weighted by Gasteiger charge is 2.24. The molecule has 6 heteroatoms. The summed E-state index contributed by atoms with van der Waals surface area (Å²) in [6.45, 7) is 1.69. The third-order valence-electron chi connectivity index (χ3n) is 3.34. The summed E-state index contributed by atoms with van der Waals surface area (Å²) >= 11 is 0. The van der Waals surface area contributed by atoms with Crippen LogP contribution in [0.25, 0.3) is 0 Å². The second-order valence-corrected chi connectivity index (χ2v) is 7.21. The lowest BCUT2D eigenvalue weighted by atomic mass is 9.99. The van der Waals surface area contributed by atoms with Crippen LogP contribution in [-0.4, -0.2) is 57.5 Å². The Labute approximate surface area is 109 Å². The first-order valence-corrected chi connectivity index (χ1v) is 8.47. The Morgan fingerprint density at radius 1 is 1.39 bits per heavy atom. The molecule has 1 atom stereocenters. The summed E-state index contributed by atoms with van der Waals surface area (Å²) in [7, 11) is -1.49. The van der Waals surface area contributed by atoms with E-state index in [2.05, 4.69) is 4.90 Å². The van der Waals surface area contributed by atoms with Gasteiger partial charge in [0.1, 0.15) is 9.84 Å². The Bertz CT molecular complexity index is 366. The van der Waals surface area contributed by atoms with E-state index < -0.39 is 9.84 Å². The van der Waals surface area contributed by atoms with Gasteiger partial charge in [0.25, 0.3) is 0 Å². The summed E-state index contributed by atoms with van der Waals surface area (Å²) in [6, 6.07) is 0.214. The van der Waals surface area contributed by atoms with Gasteiger partial charge < -0.3 is 4.74 Å². The summed E-state index contributed by atoms with van der Waals surface area (Å²) < 4.78 is 26.9. The number of esters is 1. The van der Waals surface area contributed by atoms with Crippen molar-refractivity contribution in [2.45, 2.75) is 38.1 Å². The molecule has 5 nitrogen and oxygen atoms in total. The molecule has 0 saturated carbocycles. The largest absolute Gasteiger partial charge is 0.469 e. The van der Waals surface area contributed by atoms with Crippen LogP contribution >= 0.6 is 0 Å². The van der Waals surface area contributed by atoms with E-state index in [4.69, 9.17) is 4.74 Å². The fraction of sp³-hybridized carbons (Fsp3) is 0.917. The second-order valence-electron chi connectivity index (χ2n) is 4.95. The smallest absolute Gasteiger partial charge is 0.307 e. The summed E-state index contributed by atoms with van der Waals surface area (Å²) in [5.41, 5.74) is 0. The third kappa shape index (κ3) is 5.82. The molecule has 0 aromatic heterocycles. The summed E-state index contributed by atoms with van der Waals surface area (Å²) in [5.74, 6) is 0.0315. The van der Waals surface area contributed by atoms with Gasteiger partial charge >= 0.3 is 5.97 Å². The third-order valence-corrected chi connectivity index (χ3v) is 4.37. The number of nitrogens with zero attached hydrogens (tertiary/aromatic N) is 1. The van der Waals surface area contributed by atoms with Crippen molar-refractivity contribution in [2.24, 2.45) is 0 Å². The molecule has 106 valence electrons. The molecule has 1 saturated heterocycles. The Balaban J connectivity index is 2.42. The number of hydrogen-bond donors (Lipinski definition) is 0. The van der Waals surface area contributed by atoms with E-state index in [0.29, 0.717) is 12.8 Å². The van der Waals surface area contributed by atoms with E-state index >= 15 is 0 Å². The minimum Gasteiger partial charge on any atom is -0.469 e. The van der Waals surface area contributed by atoms with Crippen LogP contribution in [0.4, 0.5) is 0 Å². The lowest BCUT2D eigenvalue weighted by Crippen LogP contribution is -2.41. The zero-order chi connectivity index (χ0) is 13.6. The number of carbonyl (C=O) groups is 1. The molecule has 0 N–H and O–H groups in total. The quantitative estimate of drug-likeness (QED) is 0.673. The fourth-order valence-corrected chi connectivity index (χ4v) is 3.04. The zero-order valence-corrected chi connectivity index (χ0v) is 12.0. The molecule has 1 heterocycles. The van der Waals surface area contributed by atoms with Crippen LogP contribution in [0.1, 0.15) is 32.1 Å². The second kappa shape index (κ2) is 7.09. The number of likely N-dealkylation sites (tertiary alicyclic amines) is 1. The van der Waals surface area contributed by atoms with E-state index in [-0.39, 0.29) is 17.8 Å². The van der Waals surface area contributed by atoms with Gasteiger partial charge in [0.2, 0.25) is 0 Å². The molecule has 18 heavy (non-hydrogen) atoms. The number of methoxy groups -OCH3 is 1. The number of piperidine rings is 1. The van der Waals surface area contributed by atoms with Crippen LogP contribution in [0, 0.1) is 0 Å². The average molecular weight is 277 g/mol. The highest BCUT2D eigenvalue weighted by molar-refractivity contribution is 7.90. The normalized spacial score (nSPS) is 21.8. The SMILES string of the molecule is COC(=O)CC1CCCCN1CCCS(C)(=O)=O. The molecular formula is C12H23NO4S. The topological polar surface area (TPSA) is 63.7 Å². The number of hydrogen-bond acceptors (Lipinski definition) is 5. The highest BCUT2D eigenvalue weighted by atomic mass is 32.2. The lowest BCUT2D eigenvalue weighted by molar-refractivity contribution is -0.142. The molecule has 0 bridgehead atoms. The summed E-state index contributed by atoms with van der Waals surface area (Å²) in [6.07, 6.45) is 5.55. The van der Waals surface area contributed by atoms with Crippen LogP contribution in [0.3, 0.4) is 0 Å². The van der Waals surface area contributed by atoms with Gasteiger partial charge in [0.15, 0.2) is 0 Å². The van der Waals surface area contributed by atoms with Gasteiger partial charge in [-0.2, -0.15) is 0 Å². The number of sulfone groups is 1. The first-order chi connectivity index (χ1) is 8.42. The predicted molar refractivity (Wildman–Crippen MR) is 70.2 cm³/mol. The van der Waals surface area contributed by atoms with Crippen molar-refractivity contribution in [1.29, 1.82) is 0 Å². The fourth-order valence-electron chi connectivity index (χ4n) is 2.39. The molecule has 1 unspecified atom stereocenters. The first kappa shape index (κ1) is 15.4. The van der Waals surface area contributed by atoms with Gasteiger partial charge in [-0.1, -0.05) is 6.42 Å². The Morgan fingerprint density at radius 2 is 2.11 bits per heavy atom. The van der Waals surface area contributed by atoms with E-state index in [1.807, 2.05) is 0 Å². The van der Waals surface area contributed by atoms with Crippen molar-refractivity contribution in [1.82, 2.24) is 4.90 Å². The van der Waals surface area contributed by atoms with Crippen LogP contribution in [-0.2, 0) is 19.4 Å². The van der Waals surface area contributed by atoms with E-state index in [0.717, 1.165) is 32.4 Å². The Hall–Kier alpha value is -0.620. The molecular weight excluding hydrogens is 254 g/mol. The minimum absolute atomic E-state index is 0.185.